The highest BCUT2D eigenvalue weighted by Crippen LogP contribution is 2.33. The van der Waals surface area contributed by atoms with E-state index in [1.54, 1.807) is 0 Å². The Morgan fingerprint density at radius 3 is 2.66 bits per heavy atom. The zero-order valence-electron chi connectivity index (χ0n) is 17.9. The van der Waals surface area contributed by atoms with Crippen molar-refractivity contribution in [3.8, 4) is 0 Å². The fourth-order valence-electron chi connectivity index (χ4n) is 4.70. The molecule has 2 N–H and O–H groups in total. The van der Waals surface area contributed by atoms with Gasteiger partial charge in [0.25, 0.3) is 0 Å². The summed E-state index contributed by atoms with van der Waals surface area (Å²) in [6.07, 6.45) is 2.72. The van der Waals surface area contributed by atoms with E-state index in [1.807, 2.05) is 23.1 Å². The number of halogens is 2. The van der Waals surface area contributed by atoms with E-state index in [9.17, 15) is 13.6 Å². The molecule has 6 heteroatoms. The molecule has 4 nitrogen and oxygen atoms in total. The van der Waals surface area contributed by atoms with Crippen LogP contribution in [0.25, 0.3) is 10.8 Å². The lowest BCUT2D eigenvalue weighted by molar-refractivity contribution is -0.137. The Balaban J connectivity index is 1.39. The summed E-state index contributed by atoms with van der Waals surface area (Å²) in [7, 11) is 0. The molecule has 5 rings (SSSR count). The standard InChI is InChI=1S/C26H27F2N3O/c27-19-8-11-25(23(28)14-19)30-24-12-13-29-15-22(24)26(32)31(20-9-10-20)16-18-6-3-5-17-4-1-2-7-21(17)18/h1-8,11,14,20,22,24,29-30H,9-10,12-13,15-16H2. The lowest BCUT2D eigenvalue weighted by Gasteiger charge is -2.36. The lowest BCUT2D eigenvalue weighted by Crippen LogP contribution is -2.52. The molecule has 0 spiro atoms. The van der Waals surface area contributed by atoms with Crippen LogP contribution < -0.4 is 10.6 Å². The first-order chi connectivity index (χ1) is 15.6. The first kappa shape index (κ1) is 20.9. The molecule has 2 fully saturated rings. The van der Waals surface area contributed by atoms with Crippen molar-refractivity contribution in [2.75, 3.05) is 18.4 Å². The van der Waals surface area contributed by atoms with Crippen LogP contribution in [-0.2, 0) is 11.3 Å². The van der Waals surface area contributed by atoms with Crippen molar-refractivity contribution in [1.82, 2.24) is 10.2 Å². The summed E-state index contributed by atoms with van der Waals surface area (Å²) >= 11 is 0. The van der Waals surface area contributed by atoms with E-state index < -0.39 is 11.6 Å². The van der Waals surface area contributed by atoms with Gasteiger partial charge in [-0.3, -0.25) is 4.79 Å². The minimum Gasteiger partial charge on any atom is -0.379 e. The molecule has 0 bridgehead atoms. The van der Waals surface area contributed by atoms with Crippen LogP contribution in [0.1, 0.15) is 24.8 Å². The van der Waals surface area contributed by atoms with Crippen molar-refractivity contribution in [3.63, 3.8) is 0 Å². The maximum atomic E-state index is 14.3. The number of piperidine rings is 1. The maximum absolute atomic E-state index is 14.3. The molecule has 1 aliphatic heterocycles. The third kappa shape index (κ3) is 4.32. The lowest BCUT2D eigenvalue weighted by atomic mass is 9.91. The van der Waals surface area contributed by atoms with Gasteiger partial charge in [0.05, 0.1) is 11.6 Å². The molecule has 2 atom stereocenters. The topological polar surface area (TPSA) is 44.4 Å². The fraction of sp³-hybridized carbons (Fsp3) is 0.346. The second kappa shape index (κ2) is 8.87. The van der Waals surface area contributed by atoms with Gasteiger partial charge in [0.15, 0.2) is 0 Å². The molecule has 0 aromatic heterocycles. The molecular weight excluding hydrogens is 408 g/mol. The monoisotopic (exact) mass is 435 g/mol. The van der Waals surface area contributed by atoms with Crippen molar-refractivity contribution in [2.24, 2.45) is 5.92 Å². The highest BCUT2D eigenvalue weighted by Gasteiger charge is 2.40. The zero-order chi connectivity index (χ0) is 22.1. The number of fused-ring (bicyclic) bond motifs is 1. The normalized spacial score (nSPS) is 20.8. The Hall–Kier alpha value is -2.99. The summed E-state index contributed by atoms with van der Waals surface area (Å²) in [5, 5.41) is 8.84. The molecule has 2 unspecified atom stereocenters. The predicted octanol–water partition coefficient (Wildman–Crippen LogP) is 4.70. The van der Waals surface area contributed by atoms with Gasteiger partial charge in [-0.15, -0.1) is 0 Å². The minimum atomic E-state index is -0.635. The van der Waals surface area contributed by atoms with Crippen molar-refractivity contribution < 1.29 is 13.6 Å². The van der Waals surface area contributed by atoms with Crippen LogP contribution in [0.15, 0.2) is 60.7 Å². The van der Waals surface area contributed by atoms with Gasteiger partial charge in [0, 0.05) is 31.2 Å². The Bertz CT molecular complexity index is 1130. The Morgan fingerprint density at radius 2 is 1.84 bits per heavy atom. The predicted molar refractivity (Wildman–Crippen MR) is 122 cm³/mol. The number of amides is 1. The first-order valence-corrected chi connectivity index (χ1v) is 11.3. The van der Waals surface area contributed by atoms with Gasteiger partial charge in [-0.05, 0) is 54.3 Å². The first-order valence-electron chi connectivity index (χ1n) is 11.3. The highest BCUT2D eigenvalue weighted by molar-refractivity contribution is 5.87. The van der Waals surface area contributed by atoms with E-state index >= 15 is 0 Å². The van der Waals surface area contributed by atoms with Gasteiger partial charge in [0.2, 0.25) is 5.91 Å². The van der Waals surface area contributed by atoms with Crippen molar-refractivity contribution in [2.45, 2.75) is 37.9 Å². The van der Waals surface area contributed by atoms with Gasteiger partial charge in [-0.1, -0.05) is 42.5 Å². The molecule has 1 aliphatic carbocycles. The zero-order valence-corrected chi connectivity index (χ0v) is 17.9. The summed E-state index contributed by atoms with van der Waals surface area (Å²) in [6, 6.07) is 18.0. The van der Waals surface area contributed by atoms with Crippen LogP contribution in [0, 0.1) is 17.6 Å². The molecule has 1 saturated heterocycles. The van der Waals surface area contributed by atoms with Gasteiger partial charge in [0.1, 0.15) is 11.6 Å². The van der Waals surface area contributed by atoms with Gasteiger partial charge in [-0.25, -0.2) is 8.78 Å². The molecule has 2 aliphatic rings. The van der Waals surface area contributed by atoms with E-state index in [1.165, 1.54) is 22.9 Å². The largest absolute Gasteiger partial charge is 0.379 e. The number of nitrogens with one attached hydrogen (secondary N) is 2. The number of nitrogens with zero attached hydrogens (tertiary/aromatic N) is 1. The second-order valence-electron chi connectivity index (χ2n) is 8.81. The maximum Gasteiger partial charge on any atom is 0.229 e. The average Bonchev–Trinajstić information content (AvgIpc) is 3.64. The SMILES string of the molecule is O=C(C1CNCCC1Nc1ccc(F)cc1F)N(Cc1cccc2ccccc12)C1CC1. The number of benzene rings is 3. The molecule has 1 amide bonds. The summed E-state index contributed by atoms with van der Waals surface area (Å²) < 4.78 is 27.6. The number of hydrogen-bond acceptors (Lipinski definition) is 3. The van der Waals surface area contributed by atoms with Crippen molar-refractivity contribution in [3.05, 3.63) is 77.9 Å². The van der Waals surface area contributed by atoms with Crippen LogP contribution in [-0.4, -0.2) is 36.0 Å². The number of carbonyl (C=O) groups excluding carboxylic acids is 1. The smallest absolute Gasteiger partial charge is 0.229 e. The molecule has 1 heterocycles. The van der Waals surface area contributed by atoms with E-state index in [0.29, 0.717) is 19.5 Å². The minimum absolute atomic E-state index is 0.0904. The average molecular weight is 436 g/mol. The van der Waals surface area contributed by atoms with Gasteiger partial charge >= 0.3 is 0 Å². The number of rotatable bonds is 6. The Labute approximate surface area is 186 Å². The second-order valence-corrected chi connectivity index (χ2v) is 8.81. The quantitative estimate of drug-likeness (QED) is 0.590. The third-order valence-corrected chi connectivity index (χ3v) is 6.56. The molecular formula is C26H27F2N3O. The number of carbonyl (C=O) groups is 1. The number of hydrogen-bond donors (Lipinski definition) is 2. The molecule has 166 valence electrons. The summed E-state index contributed by atoms with van der Waals surface area (Å²) in [5.74, 6) is -1.47. The fourth-order valence-corrected chi connectivity index (χ4v) is 4.70. The Morgan fingerprint density at radius 1 is 1.03 bits per heavy atom. The molecule has 3 aromatic carbocycles. The molecule has 3 aromatic rings. The van der Waals surface area contributed by atoms with Gasteiger partial charge in [-0.2, -0.15) is 0 Å². The molecule has 0 radical (unpaired) electrons. The molecule has 32 heavy (non-hydrogen) atoms. The summed E-state index contributed by atoms with van der Waals surface area (Å²) in [4.78, 5) is 15.8. The van der Waals surface area contributed by atoms with Crippen LogP contribution >= 0.6 is 0 Å². The highest BCUT2D eigenvalue weighted by atomic mass is 19.1. The van der Waals surface area contributed by atoms with Crippen molar-refractivity contribution in [1.29, 1.82) is 0 Å². The molecule has 1 saturated carbocycles. The van der Waals surface area contributed by atoms with E-state index in [2.05, 4.69) is 34.9 Å². The van der Waals surface area contributed by atoms with Gasteiger partial charge < -0.3 is 15.5 Å². The van der Waals surface area contributed by atoms with Crippen LogP contribution in [0.4, 0.5) is 14.5 Å². The van der Waals surface area contributed by atoms with E-state index in [-0.39, 0.29) is 29.6 Å². The van der Waals surface area contributed by atoms with Crippen LogP contribution in [0.2, 0.25) is 0 Å². The van der Waals surface area contributed by atoms with Crippen molar-refractivity contribution >= 4 is 22.4 Å². The Kier molecular flexibility index (Phi) is 5.79. The summed E-state index contributed by atoms with van der Waals surface area (Å²) in [5.41, 5.74) is 1.38. The third-order valence-electron chi connectivity index (χ3n) is 6.56. The van der Waals surface area contributed by atoms with Crippen LogP contribution in [0.5, 0.6) is 0 Å². The summed E-state index contributed by atoms with van der Waals surface area (Å²) in [6.45, 7) is 1.86. The van der Waals surface area contributed by atoms with E-state index in [0.717, 1.165) is 31.0 Å². The number of anilines is 1. The van der Waals surface area contributed by atoms with Crippen LogP contribution in [0.3, 0.4) is 0 Å². The van der Waals surface area contributed by atoms with E-state index in [4.69, 9.17) is 0 Å².